The van der Waals surface area contributed by atoms with Gasteiger partial charge in [-0.25, -0.2) is 0 Å². The largest absolute Gasteiger partial charge is 0.399 e. The molecule has 0 aliphatic rings. The molecule has 0 unspecified atom stereocenters. The lowest BCUT2D eigenvalue weighted by atomic mass is 10.2. The van der Waals surface area contributed by atoms with Gasteiger partial charge < -0.3 is 11.1 Å². The van der Waals surface area contributed by atoms with Gasteiger partial charge in [0.25, 0.3) is 0 Å². The number of benzene rings is 1. The molecule has 1 heterocycles. The first kappa shape index (κ1) is 13.8. The van der Waals surface area contributed by atoms with E-state index in [1.807, 2.05) is 13.8 Å². The van der Waals surface area contributed by atoms with Crippen LogP contribution in [0.2, 0.25) is 5.02 Å². The Morgan fingerprint density at radius 2 is 2.16 bits per heavy atom. The smallest absolute Gasteiger partial charge is 0.228 e. The second-order valence-corrected chi connectivity index (χ2v) is 5.68. The van der Waals surface area contributed by atoms with Gasteiger partial charge in [0.1, 0.15) is 0 Å². The molecule has 0 aliphatic carbocycles. The van der Waals surface area contributed by atoms with Gasteiger partial charge in [-0.05, 0) is 18.2 Å². The fraction of sp³-hybridized carbons (Fsp3) is 0.250. The number of halogens is 1. The number of rotatable bonds is 3. The minimum Gasteiger partial charge on any atom is -0.399 e. The predicted molar refractivity (Wildman–Crippen MR) is 78.2 cm³/mol. The van der Waals surface area contributed by atoms with E-state index in [0.717, 1.165) is 0 Å². The summed E-state index contributed by atoms with van der Waals surface area (Å²) in [5.41, 5.74) is 7.03. The first-order valence-corrected chi connectivity index (χ1v) is 6.86. The minimum atomic E-state index is -0.108. The summed E-state index contributed by atoms with van der Waals surface area (Å²) in [6.07, 6.45) is 0. The number of aromatic nitrogens is 2. The first-order valence-electron chi connectivity index (χ1n) is 5.67. The van der Waals surface area contributed by atoms with Crippen LogP contribution < -0.4 is 11.1 Å². The highest BCUT2D eigenvalue weighted by Gasteiger charge is 2.13. The molecule has 0 saturated carbocycles. The summed E-state index contributed by atoms with van der Waals surface area (Å²) < 4.78 is 0. The summed E-state index contributed by atoms with van der Waals surface area (Å²) in [7, 11) is 0. The highest BCUT2D eigenvalue weighted by atomic mass is 35.5. The van der Waals surface area contributed by atoms with E-state index < -0.39 is 0 Å². The van der Waals surface area contributed by atoms with E-state index in [2.05, 4.69) is 15.5 Å². The molecule has 0 fully saturated rings. The van der Waals surface area contributed by atoms with Crippen LogP contribution in [-0.2, 0) is 4.79 Å². The zero-order chi connectivity index (χ0) is 14.0. The molecule has 2 rings (SSSR count). The van der Waals surface area contributed by atoms with E-state index in [1.165, 1.54) is 11.3 Å². The van der Waals surface area contributed by atoms with Gasteiger partial charge in [-0.1, -0.05) is 36.8 Å². The number of nitrogens with one attached hydrogen (secondary N) is 1. The van der Waals surface area contributed by atoms with Crippen molar-refractivity contribution in [2.75, 3.05) is 11.1 Å². The van der Waals surface area contributed by atoms with Gasteiger partial charge in [-0.3, -0.25) is 4.79 Å². The number of amides is 1. The summed E-state index contributed by atoms with van der Waals surface area (Å²) in [4.78, 5) is 11.6. The predicted octanol–water partition coefficient (Wildman–Crippen LogP) is 3.04. The molecule has 0 atom stereocenters. The number of nitrogens with two attached hydrogens (primary N) is 1. The number of nitrogens with zero attached hydrogens (tertiary/aromatic N) is 2. The third-order valence-corrected chi connectivity index (χ3v) is 3.60. The number of hydrogen-bond donors (Lipinski definition) is 2. The Hall–Kier alpha value is -1.66. The maximum atomic E-state index is 11.6. The van der Waals surface area contributed by atoms with Gasteiger partial charge in [-0.2, -0.15) is 0 Å². The lowest BCUT2D eigenvalue weighted by molar-refractivity contribution is -0.118. The van der Waals surface area contributed by atoms with E-state index in [0.29, 0.717) is 26.4 Å². The minimum absolute atomic E-state index is 0.0960. The topological polar surface area (TPSA) is 80.9 Å². The summed E-state index contributed by atoms with van der Waals surface area (Å²) in [5, 5.41) is 12.3. The third-order valence-electron chi connectivity index (χ3n) is 2.40. The second kappa shape index (κ2) is 5.54. The van der Waals surface area contributed by atoms with Gasteiger partial charge in [0.15, 0.2) is 5.01 Å². The summed E-state index contributed by atoms with van der Waals surface area (Å²) in [6.45, 7) is 3.62. The monoisotopic (exact) mass is 296 g/mol. The Morgan fingerprint density at radius 3 is 2.84 bits per heavy atom. The van der Waals surface area contributed by atoms with Crippen molar-refractivity contribution in [3.63, 3.8) is 0 Å². The average Bonchev–Trinajstić information content (AvgIpc) is 2.80. The van der Waals surface area contributed by atoms with Crippen LogP contribution in [0, 0.1) is 5.92 Å². The molecule has 0 radical (unpaired) electrons. The molecular formula is C12H13ClN4OS. The standard InChI is InChI=1S/C12H13ClN4OS/c1-6(2)10(18)15-12-17-16-11(19-12)8-5-7(14)3-4-9(8)13/h3-6H,14H2,1-2H3,(H,15,17,18). The van der Waals surface area contributed by atoms with Crippen molar-refractivity contribution in [1.82, 2.24) is 10.2 Å². The van der Waals surface area contributed by atoms with Crippen LogP contribution in [0.15, 0.2) is 18.2 Å². The number of carbonyl (C=O) groups is 1. The van der Waals surface area contributed by atoms with Crippen molar-refractivity contribution < 1.29 is 4.79 Å². The van der Waals surface area contributed by atoms with E-state index in [4.69, 9.17) is 17.3 Å². The average molecular weight is 297 g/mol. The number of carbonyl (C=O) groups excluding carboxylic acids is 1. The summed E-state index contributed by atoms with van der Waals surface area (Å²) in [6, 6.07) is 5.16. The van der Waals surface area contributed by atoms with Gasteiger partial charge in [0.2, 0.25) is 11.0 Å². The fourth-order valence-electron chi connectivity index (χ4n) is 1.34. The number of anilines is 2. The van der Waals surface area contributed by atoms with Crippen LogP contribution in [0.1, 0.15) is 13.8 Å². The molecule has 0 saturated heterocycles. The van der Waals surface area contributed by atoms with Gasteiger partial charge in [0, 0.05) is 17.2 Å². The number of nitrogen functional groups attached to an aromatic ring is 1. The van der Waals surface area contributed by atoms with Crippen molar-refractivity contribution >= 4 is 39.7 Å². The van der Waals surface area contributed by atoms with Crippen molar-refractivity contribution in [3.8, 4) is 10.6 Å². The maximum Gasteiger partial charge on any atom is 0.228 e. The fourth-order valence-corrected chi connectivity index (χ4v) is 2.38. The van der Waals surface area contributed by atoms with Crippen LogP contribution in [0.25, 0.3) is 10.6 Å². The SMILES string of the molecule is CC(C)C(=O)Nc1nnc(-c2cc(N)ccc2Cl)s1. The molecule has 1 aromatic carbocycles. The molecule has 0 bridgehead atoms. The van der Waals surface area contributed by atoms with Gasteiger partial charge >= 0.3 is 0 Å². The lowest BCUT2D eigenvalue weighted by Crippen LogP contribution is -2.17. The molecule has 3 N–H and O–H groups in total. The molecule has 5 nitrogen and oxygen atoms in total. The van der Waals surface area contributed by atoms with E-state index in [1.54, 1.807) is 18.2 Å². The normalized spacial score (nSPS) is 10.7. The zero-order valence-electron chi connectivity index (χ0n) is 10.5. The van der Waals surface area contributed by atoms with Crippen LogP contribution in [0.3, 0.4) is 0 Å². The Kier molecular flexibility index (Phi) is 4.01. The quantitative estimate of drug-likeness (QED) is 0.853. The molecule has 7 heteroatoms. The molecule has 19 heavy (non-hydrogen) atoms. The van der Waals surface area contributed by atoms with E-state index >= 15 is 0 Å². The molecule has 100 valence electrons. The van der Waals surface area contributed by atoms with Crippen LogP contribution in [-0.4, -0.2) is 16.1 Å². The van der Waals surface area contributed by atoms with Crippen molar-refractivity contribution in [2.24, 2.45) is 5.92 Å². The highest BCUT2D eigenvalue weighted by Crippen LogP contribution is 2.33. The third kappa shape index (κ3) is 3.21. The Labute approximate surface area is 119 Å². The van der Waals surface area contributed by atoms with Gasteiger partial charge in [-0.15, -0.1) is 10.2 Å². The Morgan fingerprint density at radius 1 is 1.42 bits per heavy atom. The molecule has 1 aromatic heterocycles. The summed E-state index contributed by atoms with van der Waals surface area (Å²) in [5.74, 6) is -0.204. The number of hydrogen-bond acceptors (Lipinski definition) is 5. The van der Waals surface area contributed by atoms with E-state index in [-0.39, 0.29) is 11.8 Å². The highest BCUT2D eigenvalue weighted by molar-refractivity contribution is 7.18. The van der Waals surface area contributed by atoms with Gasteiger partial charge in [0.05, 0.1) is 5.02 Å². The maximum absolute atomic E-state index is 11.6. The van der Waals surface area contributed by atoms with Crippen LogP contribution in [0.5, 0.6) is 0 Å². The van der Waals surface area contributed by atoms with Crippen molar-refractivity contribution in [1.29, 1.82) is 0 Å². The summed E-state index contributed by atoms with van der Waals surface area (Å²) >= 11 is 7.35. The Bertz CT molecular complexity index is 612. The first-order chi connectivity index (χ1) is 8.97. The van der Waals surface area contributed by atoms with Crippen LogP contribution in [0.4, 0.5) is 10.8 Å². The second-order valence-electron chi connectivity index (χ2n) is 4.30. The van der Waals surface area contributed by atoms with Crippen molar-refractivity contribution in [3.05, 3.63) is 23.2 Å². The van der Waals surface area contributed by atoms with Crippen molar-refractivity contribution in [2.45, 2.75) is 13.8 Å². The van der Waals surface area contributed by atoms with Crippen LogP contribution >= 0.6 is 22.9 Å². The molecule has 0 aliphatic heterocycles. The lowest BCUT2D eigenvalue weighted by Gasteiger charge is -2.02. The molecule has 2 aromatic rings. The molecule has 1 amide bonds. The van der Waals surface area contributed by atoms with E-state index in [9.17, 15) is 4.79 Å². The molecular weight excluding hydrogens is 284 g/mol. The Balaban J connectivity index is 2.26. The zero-order valence-corrected chi connectivity index (χ0v) is 12.0. The molecule has 0 spiro atoms.